The zero-order valence-corrected chi connectivity index (χ0v) is 12.7. The molecule has 0 amide bonds. The van der Waals surface area contributed by atoms with E-state index in [0.717, 1.165) is 37.2 Å². The third kappa shape index (κ3) is 4.47. The van der Waals surface area contributed by atoms with Crippen LogP contribution in [0.25, 0.3) is 0 Å². The van der Waals surface area contributed by atoms with Gasteiger partial charge in [0.25, 0.3) is 0 Å². The maximum Gasteiger partial charge on any atom is 0.159 e. The summed E-state index contributed by atoms with van der Waals surface area (Å²) in [6.45, 7) is 2.83. The molecule has 0 aliphatic carbocycles. The molecule has 0 N–H and O–H groups in total. The Morgan fingerprint density at radius 3 is 2.52 bits per heavy atom. The van der Waals surface area contributed by atoms with E-state index in [1.807, 2.05) is 24.3 Å². The summed E-state index contributed by atoms with van der Waals surface area (Å²) in [5.74, 6) is 0.906. The van der Waals surface area contributed by atoms with Gasteiger partial charge in [0.05, 0.1) is 11.6 Å². The van der Waals surface area contributed by atoms with Crippen LogP contribution in [0.3, 0.4) is 0 Å². The number of benzene rings is 1. The van der Waals surface area contributed by atoms with Crippen LogP contribution in [0.15, 0.2) is 36.5 Å². The van der Waals surface area contributed by atoms with Crippen molar-refractivity contribution >= 4 is 11.6 Å². The summed E-state index contributed by atoms with van der Waals surface area (Å²) in [6.07, 6.45) is 4.46. The molecule has 4 heteroatoms. The smallest absolute Gasteiger partial charge is 0.159 e. The lowest BCUT2D eigenvalue weighted by molar-refractivity contribution is 0.317. The molecular formula is C17H17ClN2O. The molecule has 2 rings (SSSR count). The van der Waals surface area contributed by atoms with Gasteiger partial charge in [-0.15, -0.1) is 0 Å². The molecule has 0 aliphatic rings. The molecule has 0 aliphatic heterocycles. The van der Waals surface area contributed by atoms with E-state index in [2.05, 4.69) is 24.0 Å². The van der Waals surface area contributed by atoms with Gasteiger partial charge in [0.2, 0.25) is 0 Å². The SMILES string of the molecule is CCCOc1ccc(CCc2cnc(C#N)c(Cl)c2)cc1. The Morgan fingerprint density at radius 1 is 1.19 bits per heavy atom. The quantitative estimate of drug-likeness (QED) is 0.804. The number of aromatic nitrogens is 1. The number of rotatable bonds is 6. The molecule has 0 saturated carbocycles. The molecule has 0 unspecified atom stereocenters. The minimum atomic E-state index is 0.276. The van der Waals surface area contributed by atoms with Crippen LogP contribution in [-0.4, -0.2) is 11.6 Å². The molecule has 1 heterocycles. The van der Waals surface area contributed by atoms with E-state index < -0.39 is 0 Å². The number of halogens is 1. The van der Waals surface area contributed by atoms with Crippen LogP contribution in [0.1, 0.15) is 30.2 Å². The van der Waals surface area contributed by atoms with Crippen molar-refractivity contribution in [1.29, 1.82) is 5.26 Å². The topological polar surface area (TPSA) is 45.9 Å². The number of hydrogen-bond acceptors (Lipinski definition) is 3. The fourth-order valence-corrected chi connectivity index (χ4v) is 2.19. The Morgan fingerprint density at radius 2 is 1.90 bits per heavy atom. The van der Waals surface area contributed by atoms with Crippen LogP contribution in [-0.2, 0) is 12.8 Å². The Labute approximate surface area is 130 Å². The second-order valence-corrected chi connectivity index (χ2v) is 5.19. The van der Waals surface area contributed by atoms with E-state index >= 15 is 0 Å². The van der Waals surface area contributed by atoms with E-state index in [-0.39, 0.29) is 5.69 Å². The molecule has 108 valence electrons. The number of aryl methyl sites for hydroxylation is 2. The molecule has 0 radical (unpaired) electrons. The van der Waals surface area contributed by atoms with Gasteiger partial charge in [-0.05, 0) is 48.6 Å². The zero-order valence-electron chi connectivity index (χ0n) is 12.0. The molecular weight excluding hydrogens is 284 g/mol. The van der Waals surface area contributed by atoms with Crippen LogP contribution in [0, 0.1) is 11.3 Å². The van der Waals surface area contributed by atoms with Gasteiger partial charge in [-0.25, -0.2) is 4.98 Å². The van der Waals surface area contributed by atoms with Crippen LogP contribution in [0.5, 0.6) is 5.75 Å². The second-order valence-electron chi connectivity index (χ2n) is 4.78. The fraction of sp³-hybridized carbons (Fsp3) is 0.294. The van der Waals surface area contributed by atoms with E-state index in [4.69, 9.17) is 21.6 Å². The van der Waals surface area contributed by atoms with Crippen molar-refractivity contribution in [1.82, 2.24) is 4.98 Å². The Hall–Kier alpha value is -2.05. The van der Waals surface area contributed by atoms with Crippen molar-refractivity contribution in [3.05, 3.63) is 58.4 Å². The first-order valence-electron chi connectivity index (χ1n) is 6.99. The van der Waals surface area contributed by atoms with E-state index in [1.54, 1.807) is 6.20 Å². The number of nitrogens with zero attached hydrogens (tertiary/aromatic N) is 2. The number of nitriles is 1. The minimum absolute atomic E-state index is 0.276. The first kappa shape index (κ1) is 15.3. The van der Waals surface area contributed by atoms with Crippen molar-refractivity contribution in [2.45, 2.75) is 26.2 Å². The predicted octanol–water partition coefficient (Wildman–Crippen LogP) is 4.18. The van der Waals surface area contributed by atoms with Gasteiger partial charge in [0, 0.05) is 6.20 Å². The summed E-state index contributed by atoms with van der Waals surface area (Å²) in [5.41, 5.74) is 2.54. The van der Waals surface area contributed by atoms with Crippen molar-refractivity contribution in [3.8, 4) is 11.8 Å². The highest BCUT2D eigenvalue weighted by atomic mass is 35.5. The van der Waals surface area contributed by atoms with E-state index in [9.17, 15) is 0 Å². The third-order valence-corrected chi connectivity index (χ3v) is 3.39. The molecule has 1 aromatic carbocycles. The summed E-state index contributed by atoms with van der Waals surface area (Å²) in [7, 11) is 0. The third-order valence-electron chi connectivity index (χ3n) is 3.10. The average Bonchev–Trinajstić information content (AvgIpc) is 2.52. The molecule has 1 aromatic heterocycles. The van der Waals surface area contributed by atoms with Crippen molar-refractivity contribution < 1.29 is 4.74 Å². The standard InChI is InChI=1S/C17H17ClN2O/c1-2-9-21-15-7-5-13(6-8-15)3-4-14-10-16(18)17(11-19)20-12-14/h5-8,10,12H,2-4,9H2,1H3. The van der Waals surface area contributed by atoms with Gasteiger partial charge in [0.1, 0.15) is 11.8 Å². The van der Waals surface area contributed by atoms with E-state index in [0.29, 0.717) is 5.02 Å². The summed E-state index contributed by atoms with van der Waals surface area (Å²) < 4.78 is 5.56. The predicted molar refractivity (Wildman–Crippen MR) is 83.6 cm³/mol. The van der Waals surface area contributed by atoms with Crippen LogP contribution in [0.2, 0.25) is 5.02 Å². The second kappa shape index (κ2) is 7.66. The number of hydrogen-bond donors (Lipinski definition) is 0. The van der Waals surface area contributed by atoms with Gasteiger partial charge in [-0.1, -0.05) is 30.7 Å². The Bertz CT molecular complexity index is 632. The molecule has 2 aromatic rings. The molecule has 21 heavy (non-hydrogen) atoms. The summed E-state index contributed by atoms with van der Waals surface area (Å²) in [4.78, 5) is 4.04. The molecule has 0 atom stereocenters. The first-order chi connectivity index (χ1) is 10.2. The highest BCUT2D eigenvalue weighted by molar-refractivity contribution is 6.31. The molecule has 0 bridgehead atoms. The minimum Gasteiger partial charge on any atom is -0.494 e. The fourth-order valence-electron chi connectivity index (χ4n) is 1.96. The van der Waals surface area contributed by atoms with Gasteiger partial charge in [-0.3, -0.25) is 0 Å². The molecule has 3 nitrogen and oxygen atoms in total. The van der Waals surface area contributed by atoms with Gasteiger partial charge in [0.15, 0.2) is 5.69 Å². The lowest BCUT2D eigenvalue weighted by atomic mass is 10.1. The normalized spacial score (nSPS) is 10.1. The highest BCUT2D eigenvalue weighted by Gasteiger charge is 2.03. The average molecular weight is 301 g/mol. The van der Waals surface area contributed by atoms with Crippen LogP contribution >= 0.6 is 11.6 Å². The maximum atomic E-state index is 8.80. The van der Waals surface area contributed by atoms with Crippen molar-refractivity contribution in [3.63, 3.8) is 0 Å². The highest BCUT2D eigenvalue weighted by Crippen LogP contribution is 2.17. The van der Waals surface area contributed by atoms with Crippen molar-refractivity contribution in [2.75, 3.05) is 6.61 Å². The van der Waals surface area contributed by atoms with Crippen molar-refractivity contribution in [2.24, 2.45) is 0 Å². The molecule has 0 spiro atoms. The Kier molecular flexibility index (Phi) is 5.59. The Balaban J connectivity index is 1.93. The number of pyridine rings is 1. The molecule has 0 fully saturated rings. The molecule has 0 saturated heterocycles. The number of ether oxygens (including phenoxy) is 1. The van der Waals surface area contributed by atoms with E-state index in [1.165, 1.54) is 5.56 Å². The first-order valence-corrected chi connectivity index (χ1v) is 7.37. The van der Waals surface area contributed by atoms with Crippen LogP contribution < -0.4 is 4.74 Å². The maximum absolute atomic E-state index is 8.80. The van der Waals surface area contributed by atoms with Crippen LogP contribution in [0.4, 0.5) is 0 Å². The zero-order chi connectivity index (χ0) is 15.1. The summed E-state index contributed by atoms with van der Waals surface area (Å²) in [5, 5.41) is 9.21. The summed E-state index contributed by atoms with van der Waals surface area (Å²) in [6, 6.07) is 11.9. The lowest BCUT2D eigenvalue weighted by Crippen LogP contribution is -1.96. The lowest BCUT2D eigenvalue weighted by Gasteiger charge is -2.06. The largest absolute Gasteiger partial charge is 0.494 e. The van der Waals surface area contributed by atoms with Gasteiger partial charge < -0.3 is 4.74 Å². The monoisotopic (exact) mass is 300 g/mol. The summed E-state index contributed by atoms with van der Waals surface area (Å²) >= 11 is 5.98. The van der Waals surface area contributed by atoms with Gasteiger partial charge in [-0.2, -0.15) is 5.26 Å². The van der Waals surface area contributed by atoms with Gasteiger partial charge >= 0.3 is 0 Å².